The molecule has 0 atom stereocenters. The summed E-state index contributed by atoms with van der Waals surface area (Å²) in [5.74, 6) is -0.344. The lowest BCUT2D eigenvalue weighted by atomic mass is 10.1. The summed E-state index contributed by atoms with van der Waals surface area (Å²) in [5.41, 5.74) is 0.761. The fourth-order valence-corrected chi connectivity index (χ4v) is 1.21. The summed E-state index contributed by atoms with van der Waals surface area (Å²) in [6, 6.07) is 0. The van der Waals surface area contributed by atoms with Crippen molar-refractivity contribution in [1.82, 2.24) is 9.97 Å². The zero-order valence-electron chi connectivity index (χ0n) is 9.18. The van der Waals surface area contributed by atoms with Crippen molar-refractivity contribution < 1.29 is 14.3 Å². The van der Waals surface area contributed by atoms with E-state index >= 15 is 0 Å². The van der Waals surface area contributed by atoms with Crippen LogP contribution in [0.4, 0.5) is 0 Å². The second-order valence-corrected chi connectivity index (χ2v) is 3.27. The Kier molecular flexibility index (Phi) is 5.11. The van der Waals surface area contributed by atoms with Crippen LogP contribution in [0, 0.1) is 0 Å². The van der Waals surface area contributed by atoms with E-state index in [-0.39, 0.29) is 31.0 Å². The van der Waals surface area contributed by atoms with Crippen LogP contribution in [0.2, 0.25) is 0 Å². The molecule has 1 aromatic rings. The number of Topliss-reactive ketones (excluding diaryl/α,β-unsaturated/α-hetero) is 1. The number of ketones is 1. The molecule has 0 aliphatic carbocycles. The van der Waals surface area contributed by atoms with Crippen LogP contribution in [-0.4, -0.2) is 28.3 Å². The molecule has 0 saturated heterocycles. The Morgan fingerprint density at radius 3 is 2.56 bits per heavy atom. The van der Waals surface area contributed by atoms with Crippen LogP contribution in [0.1, 0.15) is 25.3 Å². The van der Waals surface area contributed by atoms with Gasteiger partial charge in [-0.3, -0.25) is 9.59 Å². The van der Waals surface area contributed by atoms with E-state index < -0.39 is 0 Å². The van der Waals surface area contributed by atoms with Crippen molar-refractivity contribution in [3.63, 3.8) is 0 Å². The van der Waals surface area contributed by atoms with Gasteiger partial charge in [-0.1, -0.05) is 0 Å². The predicted octanol–water partition coefficient (Wildman–Crippen LogP) is 0.932. The quantitative estimate of drug-likeness (QED) is 0.670. The van der Waals surface area contributed by atoms with Crippen molar-refractivity contribution >= 4 is 11.8 Å². The molecular weight excluding hydrogens is 208 g/mol. The van der Waals surface area contributed by atoms with E-state index in [0.29, 0.717) is 6.61 Å². The highest BCUT2D eigenvalue weighted by Gasteiger charge is 2.08. The van der Waals surface area contributed by atoms with Crippen LogP contribution in [-0.2, 0) is 20.7 Å². The molecule has 0 aromatic carbocycles. The van der Waals surface area contributed by atoms with Crippen molar-refractivity contribution in [2.45, 2.75) is 26.2 Å². The molecule has 5 nitrogen and oxygen atoms in total. The summed E-state index contributed by atoms with van der Waals surface area (Å²) < 4.78 is 4.73. The Bertz CT molecular complexity index is 352. The molecule has 0 saturated carbocycles. The van der Waals surface area contributed by atoms with Gasteiger partial charge in [0.1, 0.15) is 12.1 Å². The standard InChI is InChI=1S/C11H14N2O3/c1-2-16-11(15)4-3-10(14)5-9-6-12-8-13-7-9/h6-8H,2-5H2,1H3. The SMILES string of the molecule is CCOC(=O)CCC(=O)Cc1cncnc1. The number of rotatable bonds is 6. The van der Waals surface area contributed by atoms with Gasteiger partial charge in [0.15, 0.2) is 0 Å². The van der Waals surface area contributed by atoms with E-state index in [9.17, 15) is 9.59 Å². The fraction of sp³-hybridized carbons (Fsp3) is 0.455. The molecule has 86 valence electrons. The highest BCUT2D eigenvalue weighted by molar-refractivity contribution is 5.84. The number of ether oxygens (including phenoxy) is 1. The lowest BCUT2D eigenvalue weighted by Crippen LogP contribution is -2.09. The van der Waals surface area contributed by atoms with Crippen LogP contribution in [0.25, 0.3) is 0 Å². The Morgan fingerprint density at radius 2 is 1.94 bits per heavy atom. The van der Waals surface area contributed by atoms with Gasteiger partial charge in [0.05, 0.1) is 13.0 Å². The summed E-state index contributed by atoms with van der Waals surface area (Å²) in [6.07, 6.45) is 5.20. The van der Waals surface area contributed by atoms with E-state index in [1.807, 2.05) is 0 Å². The second kappa shape index (κ2) is 6.66. The molecule has 0 radical (unpaired) electrons. The smallest absolute Gasteiger partial charge is 0.306 e. The summed E-state index contributed by atoms with van der Waals surface area (Å²) in [5, 5.41) is 0. The number of carbonyl (C=O) groups excluding carboxylic acids is 2. The lowest BCUT2D eigenvalue weighted by Gasteiger charge is -2.01. The van der Waals surface area contributed by atoms with E-state index in [0.717, 1.165) is 5.56 Å². The molecule has 0 spiro atoms. The van der Waals surface area contributed by atoms with E-state index in [2.05, 4.69) is 9.97 Å². The molecule has 0 N–H and O–H groups in total. The normalized spacial score (nSPS) is 9.81. The third-order valence-corrected chi connectivity index (χ3v) is 1.93. The first-order valence-corrected chi connectivity index (χ1v) is 5.13. The molecule has 0 amide bonds. The van der Waals surface area contributed by atoms with Crippen molar-refractivity contribution in [3.05, 3.63) is 24.3 Å². The summed E-state index contributed by atoms with van der Waals surface area (Å²) in [4.78, 5) is 30.1. The summed E-state index contributed by atoms with van der Waals surface area (Å²) in [6.45, 7) is 2.08. The van der Waals surface area contributed by atoms with Crippen LogP contribution >= 0.6 is 0 Å². The van der Waals surface area contributed by atoms with Gasteiger partial charge in [0.2, 0.25) is 0 Å². The molecule has 0 unspecified atom stereocenters. The van der Waals surface area contributed by atoms with Gasteiger partial charge >= 0.3 is 5.97 Å². The van der Waals surface area contributed by atoms with Gasteiger partial charge in [-0.25, -0.2) is 9.97 Å². The average Bonchev–Trinajstić information content (AvgIpc) is 2.28. The molecule has 1 aromatic heterocycles. The minimum Gasteiger partial charge on any atom is -0.466 e. The number of hydrogen-bond acceptors (Lipinski definition) is 5. The highest BCUT2D eigenvalue weighted by atomic mass is 16.5. The number of esters is 1. The zero-order valence-corrected chi connectivity index (χ0v) is 9.18. The Morgan fingerprint density at radius 1 is 1.25 bits per heavy atom. The maximum absolute atomic E-state index is 11.5. The number of carbonyl (C=O) groups is 2. The number of hydrogen-bond donors (Lipinski definition) is 0. The Labute approximate surface area is 93.9 Å². The van der Waals surface area contributed by atoms with Crippen molar-refractivity contribution in [2.24, 2.45) is 0 Å². The first kappa shape index (κ1) is 12.3. The van der Waals surface area contributed by atoms with Gasteiger partial charge in [-0.2, -0.15) is 0 Å². The maximum atomic E-state index is 11.5. The average molecular weight is 222 g/mol. The first-order valence-electron chi connectivity index (χ1n) is 5.13. The molecule has 1 heterocycles. The van der Waals surface area contributed by atoms with Crippen LogP contribution in [0.3, 0.4) is 0 Å². The molecular formula is C11H14N2O3. The van der Waals surface area contributed by atoms with Crippen molar-refractivity contribution in [2.75, 3.05) is 6.61 Å². The van der Waals surface area contributed by atoms with Crippen molar-refractivity contribution in [3.8, 4) is 0 Å². The third-order valence-electron chi connectivity index (χ3n) is 1.93. The van der Waals surface area contributed by atoms with Gasteiger partial charge in [0, 0.05) is 25.2 Å². The summed E-state index contributed by atoms with van der Waals surface area (Å²) >= 11 is 0. The molecule has 5 heteroatoms. The second-order valence-electron chi connectivity index (χ2n) is 3.27. The first-order chi connectivity index (χ1) is 7.72. The van der Waals surface area contributed by atoms with Crippen LogP contribution < -0.4 is 0 Å². The van der Waals surface area contributed by atoms with E-state index in [4.69, 9.17) is 4.74 Å². The van der Waals surface area contributed by atoms with Crippen molar-refractivity contribution in [1.29, 1.82) is 0 Å². The molecule has 1 rings (SSSR count). The van der Waals surface area contributed by atoms with Gasteiger partial charge in [-0.15, -0.1) is 0 Å². The summed E-state index contributed by atoms with van der Waals surface area (Å²) in [7, 11) is 0. The lowest BCUT2D eigenvalue weighted by molar-refractivity contribution is -0.144. The minimum absolute atomic E-state index is 0.0112. The fourth-order valence-electron chi connectivity index (χ4n) is 1.21. The zero-order chi connectivity index (χ0) is 11.8. The molecule has 0 bridgehead atoms. The molecule has 0 fully saturated rings. The number of nitrogens with zero attached hydrogens (tertiary/aromatic N) is 2. The number of aromatic nitrogens is 2. The molecule has 0 aliphatic rings. The van der Waals surface area contributed by atoms with Crippen LogP contribution in [0.15, 0.2) is 18.7 Å². The Balaban J connectivity index is 2.29. The van der Waals surface area contributed by atoms with E-state index in [1.54, 1.807) is 19.3 Å². The third kappa shape index (κ3) is 4.63. The maximum Gasteiger partial charge on any atom is 0.306 e. The predicted molar refractivity (Wildman–Crippen MR) is 56.6 cm³/mol. The largest absolute Gasteiger partial charge is 0.466 e. The van der Waals surface area contributed by atoms with Gasteiger partial charge in [-0.05, 0) is 12.5 Å². The van der Waals surface area contributed by atoms with Gasteiger partial charge in [0.25, 0.3) is 0 Å². The van der Waals surface area contributed by atoms with Crippen LogP contribution in [0.5, 0.6) is 0 Å². The molecule has 16 heavy (non-hydrogen) atoms. The Hall–Kier alpha value is -1.78. The van der Waals surface area contributed by atoms with E-state index in [1.165, 1.54) is 6.33 Å². The minimum atomic E-state index is -0.333. The monoisotopic (exact) mass is 222 g/mol. The van der Waals surface area contributed by atoms with Gasteiger partial charge < -0.3 is 4.74 Å². The molecule has 0 aliphatic heterocycles. The highest BCUT2D eigenvalue weighted by Crippen LogP contribution is 2.01. The topological polar surface area (TPSA) is 69.2 Å².